The molecule has 0 fully saturated rings. The lowest BCUT2D eigenvalue weighted by Gasteiger charge is -2.15. The van der Waals surface area contributed by atoms with Crippen molar-refractivity contribution in [3.05, 3.63) is 64.7 Å². The van der Waals surface area contributed by atoms with Crippen LogP contribution in [-0.4, -0.2) is 17.7 Å². The minimum absolute atomic E-state index is 0.384. The van der Waals surface area contributed by atoms with E-state index in [-0.39, 0.29) is 0 Å². The van der Waals surface area contributed by atoms with Crippen molar-refractivity contribution in [1.29, 1.82) is 0 Å². The van der Waals surface area contributed by atoms with Gasteiger partial charge in [-0.3, -0.25) is 4.79 Å². The van der Waals surface area contributed by atoms with Crippen LogP contribution in [0.4, 0.5) is 0 Å². The van der Waals surface area contributed by atoms with Gasteiger partial charge < -0.3 is 9.84 Å². The Hall–Kier alpha value is -2.29. The summed E-state index contributed by atoms with van der Waals surface area (Å²) in [6.07, 6.45) is 0.450. The summed E-state index contributed by atoms with van der Waals surface area (Å²) in [4.78, 5) is 11.5. The summed E-state index contributed by atoms with van der Waals surface area (Å²) in [5.41, 5.74) is 4.14. The SMILES string of the molecule is Cc1ccc(C(CCOc2cc(C)ccc2C)C(=O)O)cc1. The number of carbonyl (C=O) groups is 1. The van der Waals surface area contributed by atoms with E-state index in [0.717, 1.165) is 28.0 Å². The van der Waals surface area contributed by atoms with Gasteiger partial charge in [0, 0.05) is 0 Å². The third kappa shape index (κ3) is 4.10. The maximum Gasteiger partial charge on any atom is 0.311 e. The lowest BCUT2D eigenvalue weighted by Crippen LogP contribution is -2.15. The van der Waals surface area contributed by atoms with E-state index in [1.807, 2.05) is 63.2 Å². The van der Waals surface area contributed by atoms with Crippen LogP contribution in [0.1, 0.15) is 34.6 Å². The van der Waals surface area contributed by atoms with E-state index in [4.69, 9.17) is 4.74 Å². The molecule has 2 rings (SSSR count). The summed E-state index contributed by atoms with van der Waals surface area (Å²) >= 11 is 0. The summed E-state index contributed by atoms with van der Waals surface area (Å²) in [5.74, 6) is -0.521. The predicted octanol–water partition coefficient (Wildman–Crippen LogP) is 4.25. The molecule has 1 unspecified atom stereocenters. The van der Waals surface area contributed by atoms with Crippen molar-refractivity contribution in [2.75, 3.05) is 6.61 Å². The highest BCUT2D eigenvalue weighted by molar-refractivity contribution is 5.76. The Morgan fingerprint density at radius 2 is 1.68 bits per heavy atom. The van der Waals surface area contributed by atoms with Crippen LogP contribution in [0.2, 0.25) is 0 Å². The number of carboxylic acids is 1. The van der Waals surface area contributed by atoms with Gasteiger partial charge >= 0.3 is 5.97 Å². The number of benzene rings is 2. The summed E-state index contributed by atoms with van der Waals surface area (Å²) in [6, 6.07) is 13.7. The molecule has 1 N–H and O–H groups in total. The molecule has 0 saturated heterocycles. The highest BCUT2D eigenvalue weighted by Crippen LogP contribution is 2.23. The number of aryl methyl sites for hydroxylation is 3. The smallest absolute Gasteiger partial charge is 0.311 e. The molecule has 0 aliphatic heterocycles. The second kappa shape index (κ2) is 7.12. The molecule has 0 aliphatic rings. The van der Waals surface area contributed by atoms with Gasteiger partial charge in [0.1, 0.15) is 5.75 Å². The van der Waals surface area contributed by atoms with Crippen molar-refractivity contribution in [3.8, 4) is 5.75 Å². The molecule has 0 aromatic heterocycles. The lowest BCUT2D eigenvalue weighted by molar-refractivity contribution is -0.139. The molecule has 2 aromatic carbocycles. The Labute approximate surface area is 131 Å². The highest BCUT2D eigenvalue weighted by atomic mass is 16.5. The molecular weight excluding hydrogens is 276 g/mol. The Balaban J connectivity index is 2.02. The first kappa shape index (κ1) is 16.1. The minimum atomic E-state index is -0.812. The van der Waals surface area contributed by atoms with Crippen molar-refractivity contribution in [2.24, 2.45) is 0 Å². The van der Waals surface area contributed by atoms with Crippen molar-refractivity contribution in [2.45, 2.75) is 33.1 Å². The van der Waals surface area contributed by atoms with Crippen LogP contribution in [0.5, 0.6) is 5.75 Å². The molecule has 0 amide bonds. The zero-order valence-corrected chi connectivity index (χ0v) is 13.3. The van der Waals surface area contributed by atoms with Crippen LogP contribution in [-0.2, 0) is 4.79 Å². The average Bonchev–Trinajstić information content (AvgIpc) is 2.48. The van der Waals surface area contributed by atoms with Crippen molar-refractivity contribution in [3.63, 3.8) is 0 Å². The van der Waals surface area contributed by atoms with Gasteiger partial charge in [-0.25, -0.2) is 0 Å². The molecule has 0 radical (unpaired) electrons. The summed E-state index contributed by atoms with van der Waals surface area (Å²) in [7, 11) is 0. The number of hydrogen-bond acceptors (Lipinski definition) is 2. The first-order chi connectivity index (χ1) is 10.5. The fraction of sp³-hybridized carbons (Fsp3) is 0.316. The van der Waals surface area contributed by atoms with Crippen LogP contribution in [0, 0.1) is 20.8 Å². The lowest BCUT2D eigenvalue weighted by atomic mass is 9.95. The first-order valence-electron chi connectivity index (χ1n) is 7.47. The third-order valence-electron chi connectivity index (χ3n) is 3.79. The van der Waals surface area contributed by atoms with Gasteiger partial charge in [-0.15, -0.1) is 0 Å². The second-order valence-corrected chi connectivity index (χ2v) is 5.71. The minimum Gasteiger partial charge on any atom is -0.493 e. The van der Waals surface area contributed by atoms with Crippen LogP contribution < -0.4 is 4.74 Å². The standard InChI is InChI=1S/C19H22O3/c1-13-5-8-16(9-6-13)17(19(20)21)10-11-22-18-12-14(2)4-7-15(18)3/h4-9,12,17H,10-11H2,1-3H3,(H,20,21). The monoisotopic (exact) mass is 298 g/mol. The van der Waals surface area contributed by atoms with Gasteiger partial charge in [-0.1, -0.05) is 42.0 Å². The molecule has 22 heavy (non-hydrogen) atoms. The van der Waals surface area contributed by atoms with E-state index in [1.165, 1.54) is 0 Å². The summed E-state index contributed by atoms with van der Waals surface area (Å²) in [6.45, 7) is 6.38. The molecule has 0 aliphatic carbocycles. The Morgan fingerprint density at radius 3 is 2.32 bits per heavy atom. The van der Waals surface area contributed by atoms with Gasteiger partial charge in [0.05, 0.1) is 12.5 Å². The van der Waals surface area contributed by atoms with E-state index in [2.05, 4.69) is 0 Å². The molecule has 3 heteroatoms. The van der Waals surface area contributed by atoms with E-state index >= 15 is 0 Å². The van der Waals surface area contributed by atoms with Crippen LogP contribution in [0.15, 0.2) is 42.5 Å². The molecule has 0 saturated carbocycles. The molecule has 116 valence electrons. The normalized spacial score (nSPS) is 12.0. The summed E-state index contributed by atoms with van der Waals surface area (Å²) < 4.78 is 5.78. The van der Waals surface area contributed by atoms with Crippen molar-refractivity contribution in [1.82, 2.24) is 0 Å². The zero-order valence-electron chi connectivity index (χ0n) is 13.3. The fourth-order valence-electron chi connectivity index (χ4n) is 2.38. The van der Waals surface area contributed by atoms with Gasteiger partial charge in [0.25, 0.3) is 0 Å². The van der Waals surface area contributed by atoms with E-state index in [1.54, 1.807) is 0 Å². The molecule has 0 spiro atoms. The topological polar surface area (TPSA) is 46.5 Å². The largest absolute Gasteiger partial charge is 0.493 e. The molecule has 0 bridgehead atoms. The number of ether oxygens (including phenoxy) is 1. The number of aliphatic carboxylic acids is 1. The molecular formula is C19H22O3. The van der Waals surface area contributed by atoms with Crippen LogP contribution >= 0.6 is 0 Å². The number of hydrogen-bond donors (Lipinski definition) is 1. The molecule has 1 atom stereocenters. The highest BCUT2D eigenvalue weighted by Gasteiger charge is 2.19. The summed E-state index contributed by atoms with van der Waals surface area (Å²) in [5, 5.41) is 9.44. The van der Waals surface area contributed by atoms with Crippen LogP contribution in [0.25, 0.3) is 0 Å². The van der Waals surface area contributed by atoms with Gasteiger partial charge in [-0.05, 0) is 49.9 Å². The van der Waals surface area contributed by atoms with E-state index < -0.39 is 11.9 Å². The van der Waals surface area contributed by atoms with Gasteiger partial charge in [-0.2, -0.15) is 0 Å². The number of carboxylic acid groups (broad SMARTS) is 1. The second-order valence-electron chi connectivity index (χ2n) is 5.71. The van der Waals surface area contributed by atoms with Gasteiger partial charge in [0.2, 0.25) is 0 Å². The first-order valence-corrected chi connectivity index (χ1v) is 7.47. The average molecular weight is 298 g/mol. The van der Waals surface area contributed by atoms with E-state index in [9.17, 15) is 9.90 Å². The van der Waals surface area contributed by atoms with Crippen molar-refractivity contribution >= 4 is 5.97 Å². The van der Waals surface area contributed by atoms with Crippen LogP contribution in [0.3, 0.4) is 0 Å². The molecule has 0 heterocycles. The Kier molecular flexibility index (Phi) is 5.21. The molecule has 3 nitrogen and oxygen atoms in total. The zero-order chi connectivity index (χ0) is 16.1. The number of rotatable bonds is 6. The Bertz CT molecular complexity index is 644. The Morgan fingerprint density at radius 1 is 1.05 bits per heavy atom. The van der Waals surface area contributed by atoms with Gasteiger partial charge in [0.15, 0.2) is 0 Å². The maximum atomic E-state index is 11.5. The van der Waals surface area contributed by atoms with Crippen molar-refractivity contribution < 1.29 is 14.6 Å². The fourth-order valence-corrected chi connectivity index (χ4v) is 2.38. The van der Waals surface area contributed by atoms with E-state index in [0.29, 0.717) is 13.0 Å². The maximum absolute atomic E-state index is 11.5. The predicted molar refractivity (Wildman–Crippen MR) is 87.6 cm³/mol. The quantitative estimate of drug-likeness (QED) is 0.867. The molecule has 2 aromatic rings. The third-order valence-corrected chi connectivity index (χ3v) is 3.79.